The first-order valence-corrected chi connectivity index (χ1v) is 13.0. The van der Waals surface area contributed by atoms with E-state index in [1.54, 1.807) is 37.3 Å². The van der Waals surface area contributed by atoms with E-state index in [0.29, 0.717) is 35.9 Å². The average molecular weight is 541 g/mol. The molecule has 206 valence electrons. The van der Waals surface area contributed by atoms with Gasteiger partial charge in [-0.3, -0.25) is 9.69 Å². The smallest absolute Gasteiger partial charge is 0.416 e. The summed E-state index contributed by atoms with van der Waals surface area (Å²) in [4.78, 5) is 17.7. The fourth-order valence-electron chi connectivity index (χ4n) is 5.34. The van der Waals surface area contributed by atoms with Gasteiger partial charge in [0.2, 0.25) is 0 Å². The molecule has 3 aromatic rings. The molecule has 2 aliphatic rings. The molecule has 0 fully saturated rings. The van der Waals surface area contributed by atoms with Crippen molar-refractivity contribution in [2.75, 3.05) is 45.4 Å². The van der Waals surface area contributed by atoms with E-state index < -0.39 is 17.6 Å². The first kappa shape index (κ1) is 26.9. The highest BCUT2D eigenvalue weighted by Gasteiger charge is 2.35. The maximum Gasteiger partial charge on any atom is 0.416 e. The zero-order chi connectivity index (χ0) is 27.6. The maximum absolute atomic E-state index is 13.7. The Bertz CT molecular complexity index is 1310. The van der Waals surface area contributed by atoms with Crippen LogP contribution in [0.1, 0.15) is 33.5 Å². The first-order valence-electron chi connectivity index (χ1n) is 13.0. The summed E-state index contributed by atoms with van der Waals surface area (Å²) in [5.74, 6) is 1.50. The number of amides is 1. The lowest BCUT2D eigenvalue weighted by atomic mass is 10.0. The lowest BCUT2D eigenvalue weighted by Gasteiger charge is -2.38. The molecule has 0 saturated heterocycles. The third-order valence-electron chi connectivity index (χ3n) is 7.46. The number of halogens is 3. The number of nitrogens with zero attached hydrogens (tertiary/aromatic N) is 2. The highest BCUT2D eigenvalue weighted by Crippen LogP contribution is 2.37. The largest absolute Gasteiger partial charge is 0.493 e. The molecule has 3 aromatic carbocycles. The lowest BCUT2D eigenvalue weighted by molar-refractivity contribution is -0.137. The van der Waals surface area contributed by atoms with E-state index in [2.05, 4.69) is 4.90 Å². The summed E-state index contributed by atoms with van der Waals surface area (Å²) in [7, 11) is 3.26. The molecule has 2 heterocycles. The molecule has 0 saturated carbocycles. The van der Waals surface area contributed by atoms with Crippen LogP contribution in [0.2, 0.25) is 0 Å². The summed E-state index contributed by atoms with van der Waals surface area (Å²) in [6.07, 6.45) is -2.21. The summed E-state index contributed by atoms with van der Waals surface area (Å²) >= 11 is 0. The minimum atomic E-state index is -4.53. The van der Waals surface area contributed by atoms with Gasteiger partial charge in [-0.15, -0.1) is 0 Å². The molecule has 39 heavy (non-hydrogen) atoms. The number of fused-ring (bicyclic) bond motifs is 2. The molecule has 2 aliphatic heterocycles. The number of methoxy groups -OCH3 is 2. The van der Waals surface area contributed by atoms with Crippen LogP contribution >= 0.6 is 0 Å². The van der Waals surface area contributed by atoms with Gasteiger partial charge in [0.1, 0.15) is 12.4 Å². The van der Waals surface area contributed by atoms with Crippen molar-refractivity contribution in [2.24, 2.45) is 0 Å². The van der Waals surface area contributed by atoms with Crippen LogP contribution in [0.25, 0.3) is 0 Å². The normalized spacial score (nSPS) is 17.5. The second-order valence-corrected chi connectivity index (χ2v) is 9.79. The Hall–Kier alpha value is -3.72. The molecule has 1 atom stereocenters. The topological polar surface area (TPSA) is 51.2 Å². The molecule has 6 nitrogen and oxygen atoms in total. The van der Waals surface area contributed by atoms with Crippen LogP contribution < -0.4 is 19.1 Å². The molecular weight excluding hydrogens is 509 g/mol. The molecule has 0 aromatic heterocycles. The van der Waals surface area contributed by atoms with Gasteiger partial charge in [-0.1, -0.05) is 18.2 Å². The van der Waals surface area contributed by atoms with E-state index >= 15 is 0 Å². The van der Waals surface area contributed by atoms with Crippen molar-refractivity contribution in [3.8, 4) is 17.2 Å². The lowest BCUT2D eigenvalue weighted by Crippen LogP contribution is -2.48. The number of alkyl halides is 3. The van der Waals surface area contributed by atoms with Crippen molar-refractivity contribution in [1.29, 1.82) is 0 Å². The predicted octanol–water partition coefficient (Wildman–Crippen LogP) is 5.62. The van der Waals surface area contributed by atoms with Gasteiger partial charge >= 0.3 is 6.18 Å². The van der Waals surface area contributed by atoms with Crippen molar-refractivity contribution in [1.82, 2.24) is 4.90 Å². The second kappa shape index (κ2) is 11.2. The fraction of sp³-hybridized carbons (Fsp3) is 0.367. The van der Waals surface area contributed by atoms with E-state index in [9.17, 15) is 18.0 Å². The molecule has 0 aliphatic carbocycles. The Morgan fingerprint density at radius 2 is 1.62 bits per heavy atom. The number of rotatable bonds is 6. The molecule has 1 amide bonds. The number of carbonyl (C=O) groups excluding carboxylic acids is 1. The number of anilines is 1. The van der Waals surface area contributed by atoms with Gasteiger partial charge in [0.15, 0.2) is 11.5 Å². The molecule has 0 bridgehead atoms. The summed E-state index contributed by atoms with van der Waals surface area (Å²) in [5.41, 5.74) is 2.18. The molecule has 9 heteroatoms. The minimum Gasteiger partial charge on any atom is -0.493 e. The van der Waals surface area contributed by atoms with Crippen LogP contribution in [0.15, 0.2) is 60.7 Å². The number of carbonyl (C=O) groups is 1. The van der Waals surface area contributed by atoms with Crippen LogP contribution in [0.3, 0.4) is 0 Å². The number of hydrogen-bond donors (Lipinski definition) is 0. The first-order chi connectivity index (χ1) is 18.8. The van der Waals surface area contributed by atoms with Gasteiger partial charge in [0.25, 0.3) is 5.91 Å². The van der Waals surface area contributed by atoms with Gasteiger partial charge in [0.05, 0.1) is 31.5 Å². The molecule has 1 unspecified atom stereocenters. The fourth-order valence-corrected chi connectivity index (χ4v) is 5.34. The SMILES string of the molecule is COc1cc2c(cc1OC)CCN(CCC1COc3ccccc3N1C(=O)c1cccc(C(F)(F)F)c1)CC2. The van der Waals surface area contributed by atoms with Gasteiger partial charge in [-0.2, -0.15) is 13.2 Å². The molecule has 0 radical (unpaired) electrons. The third kappa shape index (κ3) is 5.68. The Kier molecular flexibility index (Phi) is 7.70. The van der Waals surface area contributed by atoms with Crippen LogP contribution in [-0.2, 0) is 19.0 Å². The Morgan fingerprint density at radius 3 is 2.26 bits per heavy atom. The second-order valence-electron chi connectivity index (χ2n) is 9.79. The van der Waals surface area contributed by atoms with Crippen LogP contribution in [0, 0.1) is 0 Å². The van der Waals surface area contributed by atoms with E-state index in [-0.39, 0.29) is 18.2 Å². The summed E-state index contributed by atoms with van der Waals surface area (Å²) < 4.78 is 57.0. The van der Waals surface area contributed by atoms with Crippen LogP contribution in [-0.4, -0.2) is 57.3 Å². The van der Waals surface area contributed by atoms with Crippen molar-refractivity contribution in [3.63, 3.8) is 0 Å². The monoisotopic (exact) mass is 540 g/mol. The van der Waals surface area contributed by atoms with Crippen molar-refractivity contribution >= 4 is 11.6 Å². The van der Waals surface area contributed by atoms with Gasteiger partial charge in [-0.05, 0) is 72.9 Å². The Morgan fingerprint density at radius 1 is 0.949 bits per heavy atom. The predicted molar refractivity (Wildman–Crippen MR) is 142 cm³/mol. The van der Waals surface area contributed by atoms with Gasteiger partial charge < -0.3 is 19.1 Å². The number of benzene rings is 3. The van der Waals surface area contributed by atoms with Gasteiger partial charge in [-0.25, -0.2) is 0 Å². The molecule has 0 spiro atoms. The van der Waals surface area contributed by atoms with Crippen molar-refractivity contribution in [3.05, 3.63) is 82.9 Å². The van der Waals surface area contributed by atoms with Crippen molar-refractivity contribution in [2.45, 2.75) is 31.5 Å². The number of para-hydroxylation sites is 2. The Balaban J connectivity index is 1.34. The van der Waals surface area contributed by atoms with E-state index in [1.807, 2.05) is 18.2 Å². The van der Waals surface area contributed by atoms with Crippen LogP contribution in [0.4, 0.5) is 18.9 Å². The number of hydrogen-bond acceptors (Lipinski definition) is 5. The third-order valence-corrected chi connectivity index (χ3v) is 7.46. The van der Waals surface area contributed by atoms with Crippen LogP contribution in [0.5, 0.6) is 17.2 Å². The highest BCUT2D eigenvalue weighted by atomic mass is 19.4. The maximum atomic E-state index is 13.7. The molecule has 0 N–H and O–H groups in total. The molecule has 5 rings (SSSR count). The highest BCUT2D eigenvalue weighted by molar-refractivity contribution is 6.07. The minimum absolute atomic E-state index is 0.000329. The van der Waals surface area contributed by atoms with Gasteiger partial charge in [0, 0.05) is 25.2 Å². The Labute approximate surface area is 225 Å². The number of ether oxygens (including phenoxy) is 3. The quantitative estimate of drug-likeness (QED) is 0.406. The van der Waals surface area contributed by atoms with Crippen molar-refractivity contribution < 1.29 is 32.2 Å². The summed E-state index contributed by atoms with van der Waals surface area (Å²) in [6.45, 7) is 2.66. The zero-order valence-electron chi connectivity index (χ0n) is 22.0. The summed E-state index contributed by atoms with van der Waals surface area (Å²) in [6, 6.07) is 15.5. The summed E-state index contributed by atoms with van der Waals surface area (Å²) in [5, 5.41) is 0. The van der Waals surface area contributed by atoms with E-state index in [0.717, 1.165) is 38.1 Å². The standard InChI is InChI=1S/C30H31F3N2O4/c1-37-27-17-20-10-13-34(14-11-21(20)18-28(27)38-2)15-12-24-19-39-26-9-4-3-8-25(26)35(24)29(36)22-6-5-7-23(16-22)30(31,32)33/h3-9,16-18,24H,10-15,19H2,1-2H3. The van der Waals surface area contributed by atoms with E-state index in [1.165, 1.54) is 23.3 Å². The zero-order valence-corrected chi connectivity index (χ0v) is 22.0. The van der Waals surface area contributed by atoms with E-state index in [4.69, 9.17) is 14.2 Å². The molecular formula is C30H31F3N2O4. The average Bonchev–Trinajstić information content (AvgIpc) is 3.15.